The number of hydrogen-bond donors (Lipinski definition) is 0. The van der Waals surface area contributed by atoms with Crippen LogP contribution < -0.4 is 4.74 Å². The van der Waals surface area contributed by atoms with Crippen LogP contribution in [0, 0.1) is 0 Å². The Balaban J connectivity index is 2.08. The van der Waals surface area contributed by atoms with E-state index in [1.165, 1.54) is 4.90 Å². The molecule has 0 spiro atoms. The number of cyclic esters (lactones) is 1. The summed E-state index contributed by atoms with van der Waals surface area (Å²) in [5, 5.41) is 0. The monoisotopic (exact) mass is 263 g/mol. The van der Waals surface area contributed by atoms with Crippen molar-refractivity contribution in [3.8, 4) is 5.75 Å². The SMILES string of the molecule is CCC(=O)N1C(=O)OC[C@@H]1Cc1ccc(OC)cc1. The lowest BCUT2D eigenvalue weighted by Crippen LogP contribution is -2.39. The minimum atomic E-state index is -0.537. The van der Waals surface area contributed by atoms with Crippen LogP contribution >= 0.6 is 0 Å². The predicted molar refractivity (Wildman–Crippen MR) is 69.0 cm³/mol. The number of amides is 2. The lowest BCUT2D eigenvalue weighted by atomic mass is 10.1. The van der Waals surface area contributed by atoms with E-state index in [9.17, 15) is 9.59 Å². The molecule has 0 radical (unpaired) electrons. The van der Waals surface area contributed by atoms with Crippen molar-refractivity contribution in [2.45, 2.75) is 25.8 Å². The summed E-state index contributed by atoms with van der Waals surface area (Å²) >= 11 is 0. The Morgan fingerprint density at radius 3 is 2.68 bits per heavy atom. The molecule has 19 heavy (non-hydrogen) atoms. The van der Waals surface area contributed by atoms with Crippen LogP contribution in [0.2, 0.25) is 0 Å². The quantitative estimate of drug-likeness (QED) is 0.833. The van der Waals surface area contributed by atoms with Gasteiger partial charge in [-0.15, -0.1) is 0 Å². The van der Waals surface area contributed by atoms with Gasteiger partial charge in [0.1, 0.15) is 12.4 Å². The van der Waals surface area contributed by atoms with Crippen molar-refractivity contribution >= 4 is 12.0 Å². The van der Waals surface area contributed by atoms with Crippen molar-refractivity contribution in [3.63, 3.8) is 0 Å². The second-order valence-electron chi connectivity index (χ2n) is 4.40. The molecule has 0 unspecified atom stereocenters. The molecule has 1 aromatic carbocycles. The first kappa shape index (κ1) is 13.4. The molecular weight excluding hydrogens is 246 g/mol. The highest BCUT2D eigenvalue weighted by molar-refractivity contribution is 5.93. The van der Waals surface area contributed by atoms with Crippen LogP contribution in [-0.2, 0) is 16.0 Å². The van der Waals surface area contributed by atoms with E-state index < -0.39 is 6.09 Å². The molecule has 1 heterocycles. The number of carbonyl (C=O) groups is 2. The van der Waals surface area contributed by atoms with Crippen molar-refractivity contribution < 1.29 is 19.1 Å². The molecule has 0 N–H and O–H groups in total. The number of nitrogens with zero attached hydrogens (tertiary/aromatic N) is 1. The minimum Gasteiger partial charge on any atom is -0.497 e. The molecule has 2 rings (SSSR count). The summed E-state index contributed by atoms with van der Waals surface area (Å²) in [4.78, 5) is 24.5. The molecule has 5 nitrogen and oxygen atoms in total. The summed E-state index contributed by atoms with van der Waals surface area (Å²) in [6.07, 6.45) is 0.362. The van der Waals surface area contributed by atoms with Crippen LogP contribution in [0.3, 0.4) is 0 Å². The van der Waals surface area contributed by atoms with Crippen LogP contribution in [-0.4, -0.2) is 36.7 Å². The van der Waals surface area contributed by atoms with Gasteiger partial charge in [0.2, 0.25) is 5.91 Å². The van der Waals surface area contributed by atoms with E-state index in [-0.39, 0.29) is 18.6 Å². The maximum atomic E-state index is 11.7. The zero-order valence-electron chi connectivity index (χ0n) is 11.1. The minimum absolute atomic E-state index is 0.194. The summed E-state index contributed by atoms with van der Waals surface area (Å²) in [5.41, 5.74) is 1.04. The number of methoxy groups -OCH3 is 1. The van der Waals surface area contributed by atoms with E-state index in [2.05, 4.69) is 0 Å². The Hall–Kier alpha value is -2.04. The highest BCUT2D eigenvalue weighted by atomic mass is 16.6. The lowest BCUT2D eigenvalue weighted by Gasteiger charge is -2.18. The number of ether oxygens (including phenoxy) is 2. The molecule has 2 amide bonds. The fourth-order valence-corrected chi connectivity index (χ4v) is 2.12. The molecule has 1 aliphatic rings. The van der Waals surface area contributed by atoms with Gasteiger partial charge in [0.15, 0.2) is 0 Å². The van der Waals surface area contributed by atoms with E-state index in [1.807, 2.05) is 24.3 Å². The second kappa shape index (κ2) is 5.73. The lowest BCUT2D eigenvalue weighted by molar-refractivity contribution is -0.128. The predicted octanol–water partition coefficient (Wildman–Crippen LogP) is 2.00. The normalized spacial score (nSPS) is 18.3. The molecule has 1 fully saturated rings. The molecule has 0 aromatic heterocycles. The standard InChI is InChI=1S/C14H17NO4/c1-3-13(16)15-11(9-19-14(15)17)8-10-4-6-12(18-2)7-5-10/h4-7,11H,3,8-9H2,1-2H3/t11-/m0/s1. The van der Waals surface area contributed by atoms with Crippen molar-refractivity contribution in [2.75, 3.05) is 13.7 Å². The molecule has 0 saturated carbocycles. The van der Waals surface area contributed by atoms with Crippen molar-refractivity contribution in [1.29, 1.82) is 0 Å². The Kier molecular flexibility index (Phi) is 4.04. The number of rotatable bonds is 4. The highest BCUT2D eigenvalue weighted by Gasteiger charge is 2.36. The molecule has 5 heteroatoms. The molecule has 102 valence electrons. The Bertz CT molecular complexity index is 469. The number of benzene rings is 1. The van der Waals surface area contributed by atoms with Gasteiger partial charge in [-0.05, 0) is 24.1 Å². The maximum Gasteiger partial charge on any atom is 0.416 e. The van der Waals surface area contributed by atoms with E-state index in [4.69, 9.17) is 9.47 Å². The van der Waals surface area contributed by atoms with Crippen LogP contribution in [0.5, 0.6) is 5.75 Å². The molecule has 1 aromatic rings. The third kappa shape index (κ3) is 2.86. The molecule has 1 atom stereocenters. The molecular formula is C14H17NO4. The topological polar surface area (TPSA) is 55.8 Å². The van der Waals surface area contributed by atoms with E-state index in [1.54, 1.807) is 14.0 Å². The van der Waals surface area contributed by atoms with Gasteiger partial charge < -0.3 is 9.47 Å². The average molecular weight is 263 g/mol. The summed E-state index contributed by atoms with van der Waals surface area (Å²) in [5.74, 6) is 0.588. The van der Waals surface area contributed by atoms with Gasteiger partial charge in [-0.25, -0.2) is 9.69 Å². The van der Waals surface area contributed by atoms with Gasteiger partial charge in [-0.3, -0.25) is 4.79 Å². The number of imide groups is 1. The molecule has 0 bridgehead atoms. The molecule has 0 aliphatic carbocycles. The third-order valence-electron chi connectivity index (χ3n) is 3.16. The fourth-order valence-electron chi connectivity index (χ4n) is 2.12. The van der Waals surface area contributed by atoms with Crippen molar-refractivity contribution in [2.24, 2.45) is 0 Å². The molecule has 1 aliphatic heterocycles. The van der Waals surface area contributed by atoms with E-state index in [0.717, 1.165) is 11.3 Å². The van der Waals surface area contributed by atoms with Gasteiger partial charge in [0.25, 0.3) is 0 Å². The van der Waals surface area contributed by atoms with Gasteiger partial charge in [-0.1, -0.05) is 19.1 Å². The summed E-state index contributed by atoms with van der Waals surface area (Å²) in [6.45, 7) is 2.00. The van der Waals surface area contributed by atoms with E-state index >= 15 is 0 Å². The fraction of sp³-hybridized carbons (Fsp3) is 0.429. The van der Waals surface area contributed by atoms with E-state index in [0.29, 0.717) is 12.8 Å². The van der Waals surface area contributed by atoms with Gasteiger partial charge in [-0.2, -0.15) is 0 Å². The molecule has 1 saturated heterocycles. The number of carbonyl (C=O) groups excluding carboxylic acids is 2. The third-order valence-corrected chi connectivity index (χ3v) is 3.16. The first-order chi connectivity index (χ1) is 9.15. The van der Waals surface area contributed by atoms with Gasteiger partial charge >= 0.3 is 6.09 Å². The van der Waals surface area contributed by atoms with Gasteiger partial charge in [0, 0.05) is 6.42 Å². The summed E-state index contributed by atoms with van der Waals surface area (Å²) in [6, 6.07) is 7.36. The van der Waals surface area contributed by atoms with Crippen LogP contribution in [0.4, 0.5) is 4.79 Å². The number of hydrogen-bond acceptors (Lipinski definition) is 4. The Labute approximate surface area is 112 Å². The second-order valence-corrected chi connectivity index (χ2v) is 4.40. The smallest absolute Gasteiger partial charge is 0.416 e. The van der Waals surface area contributed by atoms with Crippen LogP contribution in [0.25, 0.3) is 0 Å². The summed E-state index contributed by atoms with van der Waals surface area (Å²) < 4.78 is 10.0. The average Bonchev–Trinajstić information content (AvgIpc) is 2.80. The Morgan fingerprint density at radius 1 is 1.42 bits per heavy atom. The maximum absolute atomic E-state index is 11.7. The Morgan fingerprint density at radius 2 is 2.11 bits per heavy atom. The zero-order valence-corrected chi connectivity index (χ0v) is 11.1. The van der Waals surface area contributed by atoms with Gasteiger partial charge in [0.05, 0.1) is 13.2 Å². The van der Waals surface area contributed by atoms with Crippen LogP contribution in [0.1, 0.15) is 18.9 Å². The van der Waals surface area contributed by atoms with Crippen LogP contribution in [0.15, 0.2) is 24.3 Å². The zero-order chi connectivity index (χ0) is 13.8. The van der Waals surface area contributed by atoms with Crippen molar-refractivity contribution in [1.82, 2.24) is 4.90 Å². The largest absolute Gasteiger partial charge is 0.497 e. The summed E-state index contributed by atoms with van der Waals surface area (Å²) in [7, 11) is 1.61. The first-order valence-corrected chi connectivity index (χ1v) is 6.27. The highest BCUT2D eigenvalue weighted by Crippen LogP contribution is 2.20. The first-order valence-electron chi connectivity index (χ1n) is 6.27. The van der Waals surface area contributed by atoms with Crippen molar-refractivity contribution in [3.05, 3.63) is 29.8 Å².